The summed E-state index contributed by atoms with van der Waals surface area (Å²) >= 11 is 3.55. The topological polar surface area (TPSA) is 49.8 Å². The quantitative estimate of drug-likeness (QED) is 0.568. The lowest BCUT2D eigenvalue weighted by Crippen LogP contribution is -2.16. The number of fused-ring (bicyclic) bond motifs is 1. The predicted octanol–water partition coefficient (Wildman–Crippen LogP) is 5.10. The van der Waals surface area contributed by atoms with Gasteiger partial charge < -0.3 is 10.6 Å². The monoisotopic (exact) mass is 396 g/mol. The molecular weight excluding hydrogens is 376 g/mol. The fraction of sp³-hybridized carbons (Fsp3) is 0.300. The van der Waals surface area contributed by atoms with Crippen molar-refractivity contribution in [3.8, 4) is 0 Å². The van der Waals surface area contributed by atoms with E-state index in [0.717, 1.165) is 40.4 Å². The summed E-state index contributed by atoms with van der Waals surface area (Å²) in [6.07, 6.45) is 2.53. The van der Waals surface area contributed by atoms with Crippen molar-refractivity contribution < 1.29 is 0 Å². The van der Waals surface area contributed by atoms with Crippen molar-refractivity contribution in [1.29, 1.82) is 0 Å². The van der Waals surface area contributed by atoms with Gasteiger partial charge in [0, 0.05) is 28.6 Å². The van der Waals surface area contributed by atoms with E-state index in [0.29, 0.717) is 5.92 Å². The Bertz CT molecular complexity index is 905. The van der Waals surface area contributed by atoms with Crippen LogP contribution in [-0.4, -0.2) is 23.1 Å². The van der Waals surface area contributed by atoms with Gasteiger partial charge in [-0.05, 0) is 67.6 Å². The molecule has 2 N–H and O–H groups in total. The molecule has 1 fully saturated rings. The minimum atomic E-state index is 0.657. The number of aryl methyl sites for hydroxylation is 1. The maximum atomic E-state index is 4.86. The van der Waals surface area contributed by atoms with Gasteiger partial charge in [0.1, 0.15) is 11.6 Å². The Balaban J connectivity index is 1.46. The van der Waals surface area contributed by atoms with Crippen LogP contribution in [0, 0.1) is 6.92 Å². The third kappa shape index (κ3) is 3.93. The highest BCUT2D eigenvalue weighted by Crippen LogP contribution is 2.44. The van der Waals surface area contributed by atoms with E-state index in [1.165, 1.54) is 23.8 Å². The second-order valence-electron chi connectivity index (χ2n) is 6.56. The number of rotatable bonds is 6. The molecule has 0 aliphatic heterocycles. The minimum absolute atomic E-state index is 0.657. The van der Waals surface area contributed by atoms with Crippen molar-refractivity contribution in [2.75, 3.05) is 23.7 Å². The van der Waals surface area contributed by atoms with E-state index in [2.05, 4.69) is 49.7 Å². The molecule has 128 valence electrons. The van der Waals surface area contributed by atoms with Gasteiger partial charge in [-0.2, -0.15) is 0 Å². The first-order valence-electron chi connectivity index (χ1n) is 8.71. The summed E-state index contributed by atoms with van der Waals surface area (Å²) in [4.78, 5) is 9.32. The molecule has 1 saturated carbocycles. The number of pyridine rings is 2. The van der Waals surface area contributed by atoms with E-state index >= 15 is 0 Å². The molecule has 2 heterocycles. The van der Waals surface area contributed by atoms with Crippen LogP contribution in [-0.2, 0) is 0 Å². The molecule has 3 aromatic rings. The molecule has 0 unspecified atom stereocenters. The largest absolute Gasteiger partial charge is 0.368 e. The summed E-state index contributed by atoms with van der Waals surface area (Å²) in [5.74, 6) is 2.60. The Hall–Kier alpha value is -2.14. The van der Waals surface area contributed by atoms with E-state index in [1.54, 1.807) is 0 Å². The molecule has 0 saturated heterocycles. The van der Waals surface area contributed by atoms with Gasteiger partial charge in [-0.1, -0.05) is 22.0 Å². The van der Waals surface area contributed by atoms with Gasteiger partial charge in [0.25, 0.3) is 0 Å². The average molecular weight is 397 g/mol. The number of aromatic nitrogens is 2. The zero-order chi connectivity index (χ0) is 17.2. The van der Waals surface area contributed by atoms with Crippen molar-refractivity contribution >= 4 is 38.5 Å². The number of halogens is 1. The molecule has 0 bridgehead atoms. The van der Waals surface area contributed by atoms with Crippen molar-refractivity contribution in [3.05, 3.63) is 58.2 Å². The molecule has 4 rings (SSSR count). The van der Waals surface area contributed by atoms with Crippen LogP contribution in [0.4, 0.5) is 11.6 Å². The van der Waals surface area contributed by atoms with Crippen molar-refractivity contribution in [3.63, 3.8) is 0 Å². The zero-order valence-corrected chi connectivity index (χ0v) is 15.8. The first kappa shape index (κ1) is 16.3. The third-order valence-electron chi connectivity index (χ3n) is 4.44. The number of anilines is 2. The smallest absolute Gasteiger partial charge is 0.130 e. The molecule has 1 aromatic carbocycles. The van der Waals surface area contributed by atoms with Gasteiger partial charge in [-0.15, -0.1) is 0 Å². The van der Waals surface area contributed by atoms with Gasteiger partial charge in [0.05, 0.1) is 5.52 Å². The molecular formula is C20H21BrN4. The van der Waals surface area contributed by atoms with Crippen molar-refractivity contribution in [2.45, 2.75) is 25.7 Å². The Kier molecular flexibility index (Phi) is 4.57. The Morgan fingerprint density at radius 3 is 2.68 bits per heavy atom. The van der Waals surface area contributed by atoms with Crippen LogP contribution in [0.2, 0.25) is 0 Å². The standard InChI is InChI=1S/C20H21BrN4/c1-13-3-2-4-19(24-13)22-9-10-23-20-17(14-5-6-14)12-15-11-16(21)7-8-18(15)25-20/h2-4,7-8,11-12,14H,5-6,9-10H2,1H3,(H,22,24)(H,23,25). The molecule has 0 amide bonds. The molecule has 1 aliphatic rings. The highest BCUT2D eigenvalue weighted by molar-refractivity contribution is 9.10. The molecule has 0 spiro atoms. The van der Waals surface area contributed by atoms with E-state index in [-0.39, 0.29) is 0 Å². The summed E-state index contributed by atoms with van der Waals surface area (Å²) < 4.78 is 1.10. The second kappa shape index (κ2) is 7.00. The second-order valence-corrected chi connectivity index (χ2v) is 7.47. The Morgan fingerprint density at radius 1 is 1.04 bits per heavy atom. The molecule has 0 atom stereocenters. The molecule has 1 aliphatic carbocycles. The van der Waals surface area contributed by atoms with E-state index in [4.69, 9.17) is 4.98 Å². The van der Waals surface area contributed by atoms with Crippen molar-refractivity contribution in [1.82, 2.24) is 9.97 Å². The summed E-state index contributed by atoms with van der Waals surface area (Å²) in [5.41, 5.74) is 3.40. The molecule has 25 heavy (non-hydrogen) atoms. The van der Waals surface area contributed by atoms with Gasteiger partial charge in [0.2, 0.25) is 0 Å². The van der Waals surface area contributed by atoms with Crippen LogP contribution >= 0.6 is 15.9 Å². The predicted molar refractivity (Wildman–Crippen MR) is 107 cm³/mol. The van der Waals surface area contributed by atoms with E-state index in [1.807, 2.05) is 31.2 Å². The van der Waals surface area contributed by atoms with Crippen LogP contribution in [0.15, 0.2) is 46.9 Å². The number of nitrogens with zero attached hydrogens (tertiary/aromatic N) is 2. The van der Waals surface area contributed by atoms with Gasteiger partial charge >= 0.3 is 0 Å². The SMILES string of the molecule is Cc1cccc(NCCNc2nc3ccc(Br)cc3cc2C2CC2)n1. The summed E-state index contributed by atoms with van der Waals surface area (Å²) in [5, 5.41) is 8.07. The lowest BCUT2D eigenvalue weighted by Gasteiger charge is -2.13. The van der Waals surface area contributed by atoms with Crippen LogP contribution in [0.5, 0.6) is 0 Å². The van der Waals surface area contributed by atoms with Gasteiger partial charge in [-0.3, -0.25) is 0 Å². The molecule has 0 radical (unpaired) electrons. The number of benzene rings is 1. The lowest BCUT2D eigenvalue weighted by atomic mass is 10.1. The maximum Gasteiger partial charge on any atom is 0.130 e. The molecule has 4 nitrogen and oxygen atoms in total. The van der Waals surface area contributed by atoms with Crippen LogP contribution in [0.1, 0.15) is 30.0 Å². The zero-order valence-electron chi connectivity index (χ0n) is 14.2. The molecule has 2 aromatic heterocycles. The fourth-order valence-electron chi connectivity index (χ4n) is 3.02. The summed E-state index contributed by atoms with van der Waals surface area (Å²) in [6.45, 7) is 3.62. The highest BCUT2D eigenvalue weighted by atomic mass is 79.9. The summed E-state index contributed by atoms with van der Waals surface area (Å²) in [6, 6.07) is 14.6. The number of hydrogen-bond donors (Lipinski definition) is 2. The summed E-state index contributed by atoms with van der Waals surface area (Å²) in [7, 11) is 0. The van der Waals surface area contributed by atoms with Gasteiger partial charge in [0.15, 0.2) is 0 Å². The average Bonchev–Trinajstić information content (AvgIpc) is 3.43. The van der Waals surface area contributed by atoms with Crippen LogP contribution in [0.25, 0.3) is 10.9 Å². The maximum absolute atomic E-state index is 4.86. The normalized spacial score (nSPS) is 13.8. The first-order valence-corrected chi connectivity index (χ1v) is 9.50. The highest BCUT2D eigenvalue weighted by Gasteiger charge is 2.27. The molecule has 5 heteroatoms. The number of nitrogens with one attached hydrogen (secondary N) is 2. The van der Waals surface area contributed by atoms with E-state index in [9.17, 15) is 0 Å². The van der Waals surface area contributed by atoms with Gasteiger partial charge in [-0.25, -0.2) is 9.97 Å². The van der Waals surface area contributed by atoms with Crippen LogP contribution in [0.3, 0.4) is 0 Å². The lowest BCUT2D eigenvalue weighted by molar-refractivity contribution is 1.02. The van der Waals surface area contributed by atoms with E-state index < -0.39 is 0 Å². The number of hydrogen-bond acceptors (Lipinski definition) is 4. The Labute approximate surface area is 156 Å². The third-order valence-corrected chi connectivity index (χ3v) is 4.93. The van der Waals surface area contributed by atoms with Crippen LogP contribution < -0.4 is 10.6 Å². The Morgan fingerprint density at radius 2 is 1.88 bits per heavy atom. The minimum Gasteiger partial charge on any atom is -0.368 e. The fourth-order valence-corrected chi connectivity index (χ4v) is 3.40. The van der Waals surface area contributed by atoms with Crippen molar-refractivity contribution in [2.24, 2.45) is 0 Å². The first-order chi connectivity index (χ1) is 12.2.